The van der Waals surface area contributed by atoms with Crippen LogP contribution in [0.5, 0.6) is 0 Å². The van der Waals surface area contributed by atoms with Crippen molar-refractivity contribution in [3.63, 3.8) is 0 Å². The fourth-order valence-corrected chi connectivity index (χ4v) is 2.50. The zero-order chi connectivity index (χ0) is 15.2. The van der Waals surface area contributed by atoms with E-state index in [1.54, 1.807) is 18.2 Å². The van der Waals surface area contributed by atoms with Gasteiger partial charge in [-0.2, -0.15) is 0 Å². The number of rotatable bonds is 4. The normalized spacial score (nSPS) is 10.2. The highest BCUT2D eigenvalue weighted by Gasteiger charge is 2.08. The number of anilines is 1. The highest BCUT2D eigenvalue weighted by Crippen LogP contribution is 2.29. The van der Waals surface area contributed by atoms with Gasteiger partial charge in [0.2, 0.25) is 0 Å². The average molecular weight is 388 g/mol. The largest absolute Gasteiger partial charge is 0.338 e. The second kappa shape index (κ2) is 7.69. The van der Waals surface area contributed by atoms with E-state index in [9.17, 15) is 4.79 Å². The predicted molar refractivity (Wildman–Crippen MR) is 91.3 cm³/mol. The SMILES string of the molecule is O=C(NCCc1ccc(Br)cc1)Nc1c(Cl)cccc1Cl. The third kappa shape index (κ3) is 4.92. The molecule has 2 rings (SSSR count). The standard InChI is InChI=1S/C15H13BrCl2N2O/c16-11-6-4-10(5-7-11)8-9-19-15(21)20-14-12(17)2-1-3-13(14)18/h1-7H,8-9H2,(H2,19,20,21). The lowest BCUT2D eigenvalue weighted by atomic mass is 10.1. The lowest BCUT2D eigenvalue weighted by Crippen LogP contribution is -2.30. The number of urea groups is 1. The van der Waals surface area contributed by atoms with Crippen molar-refractivity contribution >= 4 is 50.9 Å². The van der Waals surface area contributed by atoms with Gasteiger partial charge >= 0.3 is 6.03 Å². The molecule has 0 radical (unpaired) electrons. The molecule has 2 aromatic rings. The number of carbonyl (C=O) groups excluding carboxylic acids is 1. The summed E-state index contributed by atoms with van der Waals surface area (Å²) in [5, 5.41) is 6.24. The van der Waals surface area contributed by atoms with Gasteiger partial charge in [0.25, 0.3) is 0 Å². The van der Waals surface area contributed by atoms with E-state index in [0.717, 1.165) is 16.5 Å². The summed E-state index contributed by atoms with van der Waals surface area (Å²) in [4.78, 5) is 11.8. The maximum Gasteiger partial charge on any atom is 0.319 e. The van der Waals surface area contributed by atoms with Gasteiger partial charge in [-0.05, 0) is 36.2 Å². The Hall–Kier alpha value is -1.23. The van der Waals surface area contributed by atoms with Crippen LogP contribution in [0.4, 0.5) is 10.5 Å². The van der Waals surface area contributed by atoms with Gasteiger partial charge in [-0.1, -0.05) is 57.3 Å². The van der Waals surface area contributed by atoms with Crippen LogP contribution in [0.1, 0.15) is 5.56 Å². The van der Waals surface area contributed by atoms with Crippen LogP contribution in [0.2, 0.25) is 10.0 Å². The summed E-state index contributed by atoms with van der Waals surface area (Å²) >= 11 is 15.4. The average Bonchev–Trinajstić information content (AvgIpc) is 2.45. The molecule has 0 heterocycles. The molecule has 0 unspecified atom stereocenters. The van der Waals surface area contributed by atoms with Gasteiger partial charge in [-0.25, -0.2) is 4.79 Å². The number of hydrogen-bond donors (Lipinski definition) is 2. The Kier molecular flexibility index (Phi) is 5.91. The quantitative estimate of drug-likeness (QED) is 0.750. The van der Waals surface area contributed by atoms with Crippen LogP contribution in [-0.4, -0.2) is 12.6 Å². The number of carbonyl (C=O) groups is 1. The van der Waals surface area contributed by atoms with Crippen molar-refractivity contribution in [1.82, 2.24) is 5.32 Å². The molecular formula is C15H13BrCl2N2O. The van der Waals surface area contributed by atoms with E-state index in [0.29, 0.717) is 22.3 Å². The van der Waals surface area contributed by atoms with E-state index < -0.39 is 0 Å². The van der Waals surface area contributed by atoms with Crippen LogP contribution in [0.15, 0.2) is 46.9 Å². The number of hydrogen-bond acceptors (Lipinski definition) is 1. The number of benzene rings is 2. The highest BCUT2D eigenvalue weighted by atomic mass is 79.9. The van der Waals surface area contributed by atoms with Gasteiger partial charge in [0.15, 0.2) is 0 Å². The predicted octanol–water partition coefficient (Wildman–Crippen LogP) is 5.12. The maximum atomic E-state index is 11.8. The summed E-state index contributed by atoms with van der Waals surface area (Å²) < 4.78 is 1.03. The van der Waals surface area contributed by atoms with Crippen LogP contribution in [-0.2, 0) is 6.42 Å². The molecule has 0 fully saturated rings. The van der Waals surface area contributed by atoms with Crippen LogP contribution in [0, 0.1) is 0 Å². The zero-order valence-electron chi connectivity index (χ0n) is 11.0. The first kappa shape index (κ1) is 16.1. The van der Waals surface area contributed by atoms with Gasteiger partial charge in [0.1, 0.15) is 0 Å². The molecule has 0 atom stereocenters. The van der Waals surface area contributed by atoms with Crippen molar-refractivity contribution in [2.75, 3.05) is 11.9 Å². The Bertz CT molecular complexity index is 612. The Labute approximate surface area is 141 Å². The van der Waals surface area contributed by atoms with Crippen molar-refractivity contribution < 1.29 is 4.79 Å². The Morgan fingerprint density at radius 1 is 1.05 bits per heavy atom. The molecule has 6 heteroatoms. The molecule has 2 N–H and O–H groups in total. The summed E-state index contributed by atoms with van der Waals surface area (Å²) in [7, 11) is 0. The van der Waals surface area contributed by atoms with Gasteiger partial charge in [0.05, 0.1) is 15.7 Å². The Morgan fingerprint density at radius 3 is 2.29 bits per heavy atom. The first-order chi connectivity index (χ1) is 10.1. The van der Waals surface area contributed by atoms with E-state index in [1.807, 2.05) is 24.3 Å². The zero-order valence-corrected chi connectivity index (χ0v) is 14.1. The summed E-state index contributed by atoms with van der Waals surface area (Å²) in [5.41, 5.74) is 1.57. The van der Waals surface area contributed by atoms with Crippen LogP contribution >= 0.6 is 39.1 Å². The molecule has 0 bridgehead atoms. The molecule has 110 valence electrons. The van der Waals surface area contributed by atoms with Crippen LogP contribution in [0.3, 0.4) is 0 Å². The number of para-hydroxylation sites is 1. The van der Waals surface area contributed by atoms with Gasteiger partial charge in [0, 0.05) is 11.0 Å². The fourth-order valence-electron chi connectivity index (χ4n) is 1.75. The molecule has 2 amide bonds. The first-order valence-electron chi connectivity index (χ1n) is 6.29. The monoisotopic (exact) mass is 386 g/mol. The minimum absolute atomic E-state index is 0.331. The van der Waals surface area contributed by atoms with E-state index in [2.05, 4.69) is 26.6 Å². The van der Waals surface area contributed by atoms with Crippen molar-refractivity contribution in [3.8, 4) is 0 Å². The van der Waals surface area contributed by atoms with E-state index >= 15 is 0 Å². The van der Waals surface area contributed by atoms with E-state index in [1.165, 1.54) is 0 Å². The number of halogens is 3. The highest BCUT2D eigenvalue weighted by molar-refractivity contribution is 9.10. The molecule has 0 aliphatic heterocycles. The third-order valence-corrected chi connectivity index (χ3v) is 3.97. The van der Waals surface area contributed by atoms with Crippen molar-refractivity contribution in [2.24, 2.45) is 0 Å². The van der Waals surface area contributed by atoms with Gasteiger partial charge in [-0.3, -0.25) is 0 Å². The molecule has 0 spiro atoms. The topological polar surface area (TPSA) is 41.1 Å². The van der Waals surface area contributed by atoms with Crippen molar-refractivity contribution in [1.29, 1.82) is 0 Å². The molecular weight excluding hydrogens is 375 g/mol. The molecule has 3 nitrogen and oxygen atoms in total. The molecule has 0 saturated carbocycles. The minimum Gasteiger partial charge on any atom is -0.338 e. The van der Waals surface area contributed by atoms with Gasteiger partial charge < -0.3 is 10.6 Å². The summed E-state index contributed by atoms with van der Waals surface area (Å²) in [6.45, 7) is 0.523. The van der Waals surface area contributed by atoms with E-state index in [-0.39, 0.29) is 6.03 Å². The lowest BCUT2D eigenvalue weighted by Gasteiger charge is -2.10. The Morgan fingerprint density at radius 2 is 1.67 bits per heavy atom. The molecule has 0 aliphatic rings. The first-order valence-corrected chi connectivity index (χ1v) is 7.84. The summed E-state index contributed by atoms with van der Waals surface area (Å²) in [6.07, 6.45) is 0.747. The number of nitrogens with one attached hydrogen (secondary N) is 2. The van der Waals surface area contributed by atoms with Gasteiger partial charge in [-0.15, -0.1) is 0 Å². The Balaban J connectivity index is 1.84. The third-order valence-electron chi connectivity index (χ3n) is 2.81. The van der Waals surface area contributed by atoms with Crippen LogP contribution in [0.25, 0.3) is 0 Å². The maximum absolute atomic E-state index is 11.8. The smallest absolute Gasteiger partial charge is 0.319 e. The molecule has 0 aromatic heterocycles. The fraction of sp³-hybridized carbons (Fsp3) is 0.133. The second-order valence-corrected chi connectivity index (χ2v) is 6.08. The summed E-state index contributed by atoms with van der Waals surface area (Å²) in [6, 6.07) is 12.7. The van der Waals surface area contributed by atoms with Crippen molar-refractivity contribution in [3.05, 3.63) is 62.5 Å². The summed E-state index contributed by atoms with van der Waals surface area (Å²) in [5.74, 6) is 0. The minimum atomic E-state index is -0.331. The second-order valence-electron chi connectivity index (χ2n) is 4.35. The van der Waals surface area contributed by atoms with Crippen LogP contribution < -0.4 is 10.6 Å². The number of amides is 2. The lowest BCUT2D eigenvalue weighted by molar-refractivity contribution is 0.252. The van der Waals surface area contributed by atoms with E-state index in [4.69, 9.17) is 23.2 Å². The molecule has 0 saturated heterocycles. The molecule has 2 aromatic carbocycles. The molecule has 0 aliphatic carbocycles. The van der Waals surface area contributed by atoms with Crippen molar-refractivity contribution in [2.45, 2.75) is 6.42 Å². The molecule has 21 heavy (non-hydrogen) atoms.